The highest BCUT2D eigenvalue weighted by Gasteiger charge is 2.48. The molecule has 14 nitrogen and oxygen atoms in total. The Kier molecular flexibility index (Phi) is 6.96. The predicted octanol–water partition coefficient (Wildman–Crippen LogP) is 3.08. The Bertz CT molecular complexity index is 1510. The van der Waals surface area contributed by atoms with Crippen LogP contribution in [0.3, 0.4) is 0 Å². The molecule has 0 saturated heterocycles. The normalized spacial score (nSPS) is 16.8. The average Bonchev–Trinajstić information content (AvgIpc) is 2.88. The molecule has 2 N–H and O–H groups in total. The summed E-state index contributed by atoms with van der Waals surface area (Å²) in [6.07, 6.45) is 12.8. The Morgan fingerprint density at radius 2 is 1.37 bits per heavy atom. The van der Waals surface area contributed by atoms with Crippen molar-refractivity contribution in [1.29, 1.82) is 0 Å². The van der Waals surface area contributed by atoms with E-state index in [-0.39, 0.29) is 13.0 Å². The van der Waals surface area contributed by atoms with Gasteiger partial charge in [0.1, 0.15) is 12.1 Å². The first-order valence-corrected chi connectivity index (χ1v) is 12.6. The lowest BCUT2D eigenvalue weighted by Gasteiger charge is -2.28. The molecule has 2 heterocycles. The lowest BCUT2D eigenvalue weighted by atomic mass is 9.99. The minimum absolute atomic E-state index is 0.0423. The molecule has 3 aromatic rings. The number of hydrogen-bond donors (Lipinski definition) is 2. The third-order valence-corrected chi connectivity index (χ3v) is 7.77. The number of nitrogens with zero attached hydrogens (tertiary/aromatic N) is 5. The average molecular weight is 541 g/mol. The van der Waals surface area contributed by atoms with Crippen LogP contribution in [0.5, 0.6) is 0 Å². The van der Waals surface area contributed by atoms with Gasteiger partial charge < -0.3 is 9.79 Å². The fourth-order valence-electron chi connectivity index (χ4n) is 4.16. The Morgan fingerprint density at radius 1 is 0.842 bits per heavy atom. The number of allylic oxidation sites excluding steroid dienone is 4. The second-order valence-electron chi connectivity index (χ2n) is 8.50. The van der Waals surface area contributed by atoms with E-state index in [1.54, 1.807) is 59.5 Å². The van der Waals surface area contributed by atoms with Gasteiger partial charge in [0.25, 0.3) is 5.69 Å². The van der Waals surface area contributed by atoms with E-state index in [0.717, 1.165) is 4.57 Å². The van der Waals surface area contributed by atoms with Gasteiger partial charge in [-0.15, -0.1) is 0 Å². The number of rotatable bonds is 8. The topological polar surface area (TPSA) is 195 Å². The number of pyridine rings is 2. The molecule has 1 unspecified atom stereocenters. The van der Waals surface area contributed by atoms with E-state index in [4.69, 9.17) is 0 Å². The van der Waals surface area contributed by atoms with Gasteiger partial charge in [-0.1, -0.05) is 24.3 Å². The first-order valence-electron chi connectivity index (χ1n) is 10.9. The van der Waals surface area contributed by atoms with E-state index >= 15 is 0 Å². The smallest absolute Gasteiger partial charge is 0.324 e. The summed E-state index contributed by atoms with van der Waals surface area (Å²) in [5.41, 5.74) is -1.45. The molecule has 1 aliphatic rings. The summed E-state index contributed by atoms with van der Waals surface area (Å²) in [4.78, 5) is 51.4. The molecule has 0 saturated carbocycles. The third-order valence-electron chi connectivity index (χ3n) is 6.13. The van der Waals surface area contributed by atoms with Crippen LogP contribution in [0.4, 0.5) is 17.1 Å². The van der Waals surface area contributed by atoms with Crippen LogP contribution in [0.15, 0.2) is 85.5 Å². The summed E-state index contributed by atoms with van der Waals surface area (Å²) in [5, 5.41) is 32.9. The molecule has 1 atom stereocenters. The van der Waals surface area contributed by atoms with Crippen LogP contribution in [-0.2, 0) is 11.1 Å². The second kappa shape index (κ2) is 10.0. The highest BCUT2D eigenvalue weighted by molar-refractivity contribution is 7.53. The van der Waals surface area contributed by atoms with Crippen molar-refractivity contribution in [3.8, 4) is 16.8 Å². The molecule has 0 fully saturated rings. The molecular formula is C23H20N5O9P+2. The molecule has 4 rings (SSSR count). The number of nitro benzene ring substituents is 3. The van der Waals surface area contributed by atoms with Crippen molar-refractivity contribution in [3.63, 3.8) is 0 Å². The van der Waals surface area contributed by atoms with E-state index < -0.39 is 50.3 Å². The van der Waals surface area contributed by atoms with Crippen molar-refractivity contribution in [2.24, 2.45) is 0 Å². The van der Waals surface area contributed by atoms with Gasteiger partial charge in [0.05, 0.1) is 14.8 Å². The molecule has 0 spiro atoms. The fraction of sp³-hybridized carbons (Fsp3) is 0.130. The molecule has 2 aromatic heterocycles. The molecular weight excluding hydrogens is 521 g/mol. The number of hydrogen-bond acceptors (Lipinski definition) is 7. The van der Waals surface area contributed by atoms with Crippen LogP contribution in [-0.4, -0.2) is 29.7 Å². The van der Waals surface area contributed by atoms with Crippen molar-refractivity contribution in [1.82, 2.24) is 0 Å². The van der Waals surface area contributed by atoms with Gasteiger partial charge >= 0.3 is 24.7 Å². The summed E-state index contributed by atoms with van der Waals surface area (Å²) in [7, 11) is -4.47. The number of non-ortho nitro benzene ring substituents is 1. The first kappa shape index (κ1) is 26.4. The minimum atomic E-state index is -4.47. The second-order valence-corrected chi connectivity index (χ2v) is 10.5. The van der Waals surface area contributed by atoms with Gasteiger partial charge in [-0.05, 0) is 17.5 Å². The Labute approximate surface area is 214 Å². The van der Waals surface area contributed by atoms with Gasteiger partial charge in [-0.2, -0.15) is 4.57 Å². The van der Waals surface area contributed by atoms with E-state index in [9.17, 15) is 44.7 Å². The summed E-state index contributed by atoms with van der Waals surface area (Å²) in [6, 6.07) is 7.88. The van der Waals surface area contributed by atoms with Crippen molar-refractivity contribution in [2.75, 3.05) is 0 Å². The Balaban J connectivity index is 1.66. The maximum atomic E-state index is 12.2. The number of nitro groups is 3. The molecule has 15 heteroatoms. The van der Waals surface area contributed by atoms with Crippen molar-refractivity contribution in [2.45, 2.75) is 18.1 Å². The van der Waals surface area contributed by atoms with Gasteiger partial charge in [0, 0.05) is 24.3 Å². The largest absolute Gasteiger partial charge is 0.367 e. The van der Waals surface area contributed by atoms with Gasteiger partial charge in [-0.3, -0.25) is 34.9 Å². The van der Waals surface area contributed by atoms with Crippen LogP contribution in [0.2, 0.25) is 0 Å². The van der Waals surface area contributed by atoms with E-state index in [0.29, 0.717) is 23.3 Å². The van der Waals surface area contributed by atoms with Crippen LogP contribution in [0.25, 0.3) is 16.8 Å². The zero-order valence-corrected chi connectivity index (χ0v) is 20.3. The maximum Gasteiger partial charge on any atom is 0.367 e. The Hall–Kier alpha value is -4.65. The summed E-state index contributed by atoms with van der Waals surface area (Å²) in [6.45, 7) is 0.0423. The lowest BCUT2D eigenvalue weighted by molar-refractivity contribution is -0.699. The molecule has 1 aromatic carbocycles. The quantitative estimate of drug-likeness (QED) is 0.186. The van der Waals surface area contributed by atoms with Crippen LogP contribution >= 0.6 is 7.60 Å². The SMILES string of the molecule is O=[N+]([O-])c1cc([N+](=O)[O-])c(-[n+]2ccc(-c3cc[n+](CC4(P(=O)(O)O)C=CC=CC4)cc3)cc2)c([N+](=O)[O-])c1. The maximum absolute atomic E-state index is 12.2. The molecule has 0 radical (unpaired) electrons. The summed E-state index contributed by atoms with van der Waals surface area (Å²) < 4.78 is 15.0. The highest BCUT2D eigenvalue weighted by Crippen LogP contribution is 2.54. The zero-order valence-electron chi connectivity index (χ0n) is 19.4. The molecule has 0 bridgehead atoms. The highest BCUT2D eigenvalue weighted by atomic mass is 31.2. The van der Waals surface area contributed by atoms with Crippen LogP contribution in [0, 0.1) is 30.3 Å². The molecule has 194 valence electrons. The first-order chi connectivity index (χ1) is 17.9. The van der Waals surface area contributed by atoms with Crippen molar-refractivity contribution < 1.29 is 38.3 Å². The number of benzene rings is 1. The standard InChI is InChI=1S/C23H18N5O9P/c29-26(30)19-14-20(27(31)32)22(21(15-19)28(33)34)25-12-6-18(7-13-25)17-4-10-24(11-5-17)16-23(38(35,36)37)8-2-1-3-9-23/h1-8,10-15H,9,16H2/p+2. The fourth-order valence-corrected chi connectivity index (χ4v) is 5.13. The van der Waals surface area contributed by atoms with Gasteiger partial charge in [0.15, 0.2) is 36.5 Å². The van der Waals surface area contributed by atoms with Crippen molar-refractivity contribution >= 4 is 24.7 Å². The van der Waals surface area contributed by atoms with Gasteiger partial charge in [-0.25, -0.2) is 4.57 Å². The number of aromatic nitrogens is 2. The summed E-state index contributed by atoms with van der Waals surface area (Å²) in [5.74, 6) is 0. The summed E-state index contributed by atoms with van der Waals surface area (Å²) >= 11 is 0. The molecule has 1 aliphatic carbocycles. The molecule has 0 aliphatic heterocycles. The van der Waals surface area contributed by atoms with Crippen molar-refractivity contribution in [3.05, 3.63) is 116 Å². The lowest BCUT2D eigenvalue weighted by Crippen LogP contribution is -2.46. The van der Waals surface area contributed by atoms with E-state index in [1.165, 1.54) is 18.5 Å². The van der Waals surface area contributed by atoms with Gasteiger partial charge in [0.2, 0.25) is 0 Å². The molecule has 0 amide bonds. The molecule has 38 heavy (non-hydrogen) atoms. The van der Waals surface area contributed by atoms with E-state index in [2.05, 4.69) is 0 Å². The monoisotopic (exact) mass is 541 g/mol. The van der Waals surface area contributed by atoms with E-state index in [1.807, 2.05) is 0 Å². The van der Waals surface area contributed by atoms with Crippen LogP contribution < -0.4 is 9.13 Å². The predicted molar refractivity (Wildman–Crippen MR) is 131 cm³/mol. The van der Waals surface area contributed by atoms with Crippen LogP contribution in [0.1, 0.15) is 6.42 Å². The minimum Gasteiger partial charge on any atom is -0.324 e. The Morgan fingerprint density at radius 3 is 1.79 bits per heavy atom. The third kappa shape index (κ3) is 5.09. The zero-order chi connectivity index (χ0) is 27.7.